The molecule has 4 heteroatoms. The standard InChI is InChI=1S/C17H15ClFNO/c1-11-6-7-16-13(8-11)14(10-21)17(18)20(16)9-12-4-2-3-5-15(12)19/h2-8,21H,9-10H2,1H3. The summed E-state index contributed by atoms with van der Waals surface area (Å²) in [6, 6.07) is 12.6. The zero-order valence-corrected chi connectivity index (χ0v) is 12.4. The van der Waals surface area contributed by atoms with Crippen molar-refractivity contribution in [2.45, 2.75) is 20.1 Å². The molecule has 3 rings (SSSR count). The number of hydrogen-bond acceptors (Lipinski definition) is 1. The van der Waals surface area contributed by atoms with Crippen LogP contribution in [-0.4, -0.2) is 9.67 Å². The van der Waals surface area contributed by atoms with E-state index in [1.807, 2.05) is 29.7 Å². The molecule has 1 N–H and O–H groups in total. The molecule has 2 aromatic carbocycles. The number of aryl methyl sites for hydroxylation is 1. The average Bonchev–Trinajstić information content (AvgIpc) is 2.73. The summed E-state index contributed by atoms with van der Waals surface area (Å²) in [4.78, 5) is 0. The number of aliphatic hydroxyl groups excluding tert-OH is 1. The summed E-state index contributed by atoms with van der Waals surface area (Å²) in [6.45, 7) is 2.19. The SMILES string of the molecule is Cc1ccc2c(c1)c(CO)c(Cl)n2Cc1ccccc1F. The number of aliphatic hydroxyl groups is 1. The highest BCUT2D eigenvalue weighted by Crippen LogP contribution is 2.31. The predicted molar refractivity (Wildman–Crippen MR) is 83.1 cm³/mol. The summed E-state index contributed by atoms with van der Waals surface area (Å²) in [5.74, 6) is -0.256. The van der Waals surface area contributed by atoms with E-state index in [1.54, 1.807) is 18.2 Å². The number of hydrogen-bond donors (Lipinski definition) is 1. The van der Waals surface area contributed by atoms with Gasteiger partial charge in [0.25, 0.3) is 0 Å². The van der Waals surface area contributed by atoms with Gasteiger partial charge < -0.3 is 9.67 Å². The molecule has 1 aromatic heterocycles. The number of rotatable bonds is 3. The Morgan fingerprint density at radius 2 is 1.95 bits per heavy atom. The lowest BCUT2D eigenvalue weighted by Crippen LogP contribution is -2.02. The highest BCUT2D eigenvalue weighted by molar-refractivity contribution is 6.32. The molecule has 2 nitrogen and oxygen atoms in total. The van der Waals surface area contributed by atoms with E-state index < -0.39 is 0 Å². The molecule has 0 aliphatic heterocycles. The molecule has 108 valence electrons. The van der Waals surface area contributed by atoms with Gasteiger partial charge in [0.15, 0.2) is 0 Å². The summed E-state index contributed by atoms with van der Waals surface area (Å²) in [5, 5.41) is 10.9. The van der Waals surface area contributed by atoms with Crippen molar-refractivity contribution in [3.8, 4) is 0 Å². The fraction of sp³-hybridized carbons (Fsp3) is 0.176. The third-order valence-electron chi connectivity index (χ3n) is 3.70. The maximum absolute atomic E-state index is 13.9. The van der Waals surface area contributed by atoms with Crippen LogP contribution in [0.15, 0.2) is 42.5 Å². The van der Waals surface area contributed by atoms with Crippen LogP contribution in [0.4, 0.5) is 4.39 Å². The first-order valence-electron chi connectivity index (χ1n) is 6.73. The van der Waals surface area contributed by atoms with Gasteiger partial charge in [0.2, 0.25) is 0 Å². The Morgan fingerprint density at radius 1 is 1.19 bits per heavy atom. The highest BCUT2D eigenvalue weighted by Gasteiger charge is 2.16. The van der Waals surface area contributed by atoms with E-state index in [0.29, 0.717) is 22.8 Å². The van der Waals surface area contributed by atoms with Crippen LogP contribution in [0.3, 0.4) is 0 Å². The van der Waals surface area contributed by atoms with E-state index in [-0.39, 0.29) is 12.4 Å². The van der Waals surface area contributed by atoms with Crippen LogP contribution in [0.1, 0.15) is 16.7 Å². The van der Waals surface area contributed by atoms with Crippen molar-refractivity contribution in [2.24, 2.45) is 0 Å². The Balaban J connectivity index is 2.19. The fourth-order valence-electron chi connectivity index (χ4n) is 2.61. The molecule has 0 saturated carbocycles. The van der Waals surface area contributed by atoms with Gasteiger partial charge in [0.1, 0.15) is 11.0 Å². The van der Waals surface area contributed by atoms with E-state index in [0.717, 1.165) is 16.5 Å². The number of halogens is 2. The van der Waals surface area contributed by atoms with Crippen LogP contribution in [0.2, 0.25) is 5.15 Å². The molecule has 1 heterocycles. The topological polar surface area (TPSA) is 25.2 Å². The van der Waals surface area contributed by atoms with Gasteiger partial charge in [0.05, 0.1) is 13.2 Å². The second kappa shape index (κ2) is 5.51. The summed E-state index contributed by atoms with van der Waals surface area (Å²) in [5.41, 5.74) is 3.25. The van der Waals surface area contributed by atoms with E-state index in [9.17, 15) is 9.50 Å². The van der Waals surface area contributed by atoms with E-state index >= 15 is 0 Å². The summed E-state index contributed by atoms with van der Waals surface area (Å²) in [7, 11) is 0. The molecule has 0 saturated heterocycles. The van der Waals surface area contributed by atoms with Gasteiger partial charge >= 0.3 is 0 Å². The normalized spacial score (nSPS) is 11.2. The number of aromatic nitrogens is 1. The first-order valence-corrected chi connectivity index (χ1v) is 7.11. The van der Waals surface area contributed by atoms with Gasteiger partial charge in [-0.2, -0.15) is 0 Å². The molecule has 0 amide bonds. The predicted octanol–water partition coefficient (Wildman–Crippen LogP) is 4.28. The van der Waals surface area contributed by atoms with Gasteiger partial charge in [-0.25, -0.2) is 4.39 Å². The molecule has 0 aliphatic carbocycles. The fourth-order valence-corrected chi connectivity index (χ4v) is 2.92. The van der Waals surface area contributed by atoms with Gasteiger partial charge in [-0.1, -0.05) is 41.4 Å². The van der Waals surface area contributed by atoms with Crippen molar-refractivity contribution in [1.82, 2.24) is 4.57 Å². The maximum Gasteiger partial charge on any atom is 0.128 e. The molecule has 0 atom stereocenters. The Labute approximate surface area is 127 Å². The largest absolute Gasteiger partial charge is 0.392 e. The summed E-state index contributed by atoms with van der Waals surface area (Å²) in [6.07, 6.45) is 0. The van der Waals surface area contributed by atoms with Crippen molar-refractivity contribution in [3.63, 3.8) is 0 Å². The lowest BCUT2D eigenvalue weighted by atomic mass is 10.1. The van der Waals surface area contributed by atoms with Crippen molar-refractivity contribution in [3.05, 3.63) is 70.1 Å². The Morgan fingerprint density at radius 3 is 2.67 bits per heavy atom. The van der Waals surface area contributed by atoms with Crippen molar-refractivity contribution < 1.29 is 9.50 Å². The molecule has 0 bridgehead atoms. The van der Waals surface area contributed by atoms with Gasteiger partial charge in [0, 0.05) is 22.0 Å². The average molecular weight is 304 g/mol. The lowest BCUT2D eigenvalue weighted by molar-refractivity contribution is 0.283. The van der Waals surface area contributed by atoms with Crippen LogP contribution in [-0.2, 0) is 13.2 Å². The van der Waals surface area contributed by atoms with Crippen LogP contribution in [0, 0.1) is 12.7 Å². The minimum atomic E-state index is -0.256. The minimum Gasteiger partial charge on any atom is -0.392 e. The van der Waals surface area contributed by atoms with Gasteiger partial charge in [-0.15, -0.1) is 0 Å². The summed E-state index contributed by atoms with van der Waals surface area (Å²) < 4.78 is 15.7. The van der Waals surface area contributed by atoms with Crippen molar-refractivity contribution in [1.29, 1.82) is 0 Å². The number of benzene rings is 2. The highest BCUT2D eigenvalue weighted by atomic mass is 35.5. The Kier molecular flexibility index (Phi) is 3.70. The van der Waals surface area contributed by atoms with Gasteiger partial charge in [-0.3, -0.25) is 0 Å². The molecular weight excluding hydrogens is 289 g/mol. The van der Waals surface area contributed by atoms with E-state index in [4.69, 9.17) is 11.6 Å². The molecular formula is C17H15ClFNO. The lowest BCUT2D eigenvalue weighted by Gasteiger charge is -2.08. The third kappa shape index (κ3) is 2.43. The second-order valence-electron chi connectivity index (χ2n) is 5.13. The minimum absolute atomic E-state index is 0.136. The molecule has 0 unspecified atom stereocenters. The molecule has 21 heavy (non-hydrogen) atoms. The zero-order valence-electron chi connectivity index (χ0n) is 11.6. The number of fused-ring (bicyclic) bond motifs is 1. The van der Waals surface area contributed by atoms with Crippen LogP contribution in [0.5, 0.6) is 0 Å². The van der Waals surface area contributed by atoms with Crippen LogP contribution < -0.4 is 0 Å². The summed E-state index contributed by atoms with van der Waals surface area (Å²) >= 11 is 6.39. The Bertz CT molecular complexity index is 810. The van der Waals surface area contributed by atoms with E-state index in [2.05, 4.69) is 0 Å². The van der Waals surface area contributed by atoms with Crippen molar-refractivity contribution >= 4 is 22.5 Å². The van der Waals surface area contributed by atoms with Crippen molar-refractivity contribution in [2.75, 3.05) is 0 Å². The number of nitrogens with zero attached hydrogens (tertiary/aromatic N) is 1. The molecule has 0 radical (unpaired) electrons. The second-order valence-corrected chi connectivity index (χ2v) is 5.48. The smallest absolute Gasteiger partial charge is 0.128 e. The van der Waals surface area contributed by atoms with E-state index in [1.165, 1.54) is 6.07 Å². The molecule has 0 spiro atoms. The van der Waals surface area contributed by atoms with Crippen LogP contribution in [0.25, 0.3) is 10.9 Å². The first-order chi connectivity index (χ1) is 10.1. The monoisotopic (exact) mass is 303 g/mol. The van der Waals surface area contributed by atoms with Crippen LogP contribution >= 0.6 is 11.6 Å². The Hall–Kier alpha value is -1.84. The maximum atomic E-state index is 13.9. The molecule has 0 aliphatic rings. The molecule has 3 aromatic rings. The third-order valence-corrected chi connectivity index (χ3v) is 4.13. The first kappa shape index (κ1) is 14.1. The quantitative estimate of drug-likeness (QED) is 0.767. The molecule has 0 fully saturated rings. The van der Waals surface area contributed by atoms with Gasteiger partial charge in [-0.05, 0) is 25.1 Å². The zero-order chi connectivity index (χ0) is 15.0.